The van der Waals surface area contributed by atoms with Crippen molar-refractivity contribution in [2.24, 2.45) is 11.5 Å². The van der Waals surface area contributed by atoms with Crippen molar-refractivity contribution in [3.63, 3.8) is 0 Å². The molecule has 0 aromatic heterocycles. The van der Waals surface area contributed by atoms with Crippen LogP contribution in [-0.4, -0.2) is 46.7 Å². The SMILES string of the molecule is NC[C@H](NC(=O)CC[C@H](N)C(=O)O)C(=O)O. The smallest absolute Gasteiger partial charge is 0.327 e. The van der Waals surface area contributed by atoms with Crippen LogP contribution in [0.15, 0.2) is 0 Å². The number of rotatable bonds is 7. The summed E-state index contributed by atoms with van der Waals surface area (Å²) in [5.41, 5.74) is 10.3. The number of nitrogens with one attached hydrogen (secondary N) is 1. The molecule has 0 rings (SSSR count). The van der Waals surface area contributed by atoms with Crippen molar-refractivity contribution >= 4 is 17.8 Å². The zero-order chi connectivity index (χ0) is 12.7. The zero-order valence-corrected chi connectivity index (χ0v) is 8.55. The molecule has 1 amide bonds. The van der Waals surface area contributed by atoms with Crippen LogP contribution in [0.5, 0.6) is 0 Å². The van der Waals surface area contributed by atoms with E-state index in [9.17, 15) is 14.4 Å². The van der Waals surface area contributed by atoms with E-state index in [2.05, 4.69) is 5.32 Å². The molecule has 7 N–H and O–H groups in total. The van der Waals surface area contributed by atoms with Gasteiger partial charge in [-0.1, -0.05) is 0 Å². The Morgan fingerprint density at radius 1 is 1.19 bits per heavy atom. The third-order valence-corrected chi connectivity index (χ3v) is 1.87. The van der Waals surface area contributed by atoms with Crippen LogP contribution in [-0.2, 0) is 14.4 Å². The average molecular weight is 233 g/mol. The normalized spacial score (nSPS) is 13.9. The Labute approximate surface area is 91.6 Å². The maximum Gasteiger partial charge on any atom is 0.327 e. The van der Waals surface area contributed by atoms with Crippen LogP contribution in [0.4, 0.5) is 0 Å². The number of nitrogens with two attached hydrogens (primary N) is 2. The number of carboxylic acid groups (broad SMARTS) is 2. The van der Waals surface area contributed by atoms with Crippen LogP contribution >= 0.6 is 0 Å². The maximum absolute atomic E-state index is 11.2. The Bertz CT molecular complexity index is 281. The fraction of sp³-hybridized carbons (Fsp3) is 0.625. The lowest BCUT2D eigenvalue weighted by Crippen LogP contribution is -2.46. The molecule has 2 atom stereocenters. The first-order valence-electron chi connectivity index (χ1n) is 4.59. The van der Waals surface area contributed by atoms with E-state index in [1.54, 1.807) is 0 Å². The largest absolute Gasteiger partial charge is 0.480 e. The number of aliphatic carboxylic acids is 2. The highest BCUT2D eigenvalue weighted by Gasteiger charge is 2.19. The Hall–Kier alpha value is -1.67. The molecule has 0 saturated carbocycles. The van der Waals surface area contributed by atoms with Gasteiger partial charge in [0.05, 0.1) is 0 Å². The summed E-state index contributed by atoms with van der Waals surface area (Å²) in [7, 11) is 0. The highest BCUT2D eigenvalue weighted by atomic mass is 16.4. The Morgan fingerprint density at radius 3 is 2.12 bits per heavy atom. The quantitative estimate of drug-likeness (QED) is 0.331. The first kappa shape index (κ1) is 14.3. The molecule has 0 fully saturated rings. The van der Waals surface area contributed by atoms with Crippen molar-refractivity contribution in [1.29, 1.82) is 0 Å². The highest BCUT2D eigenvalue weighted by Crippen LogP contribution is 1.95. The van der Waals surface area contributed by atoms with Gasteiger partial charge in [0.25, 0.3) is 0 Å². The zero-order valence-electron chi connectivity index (χ0n) is 8.55. The van der Waals surface area contributed by atoms with E-state index in [1.807, 2.05) is 0 Å². The number of carbonyl (C=O) groups excluding carboxylic acids is 1. The molecule has 16 heavy (non-hydrogen) atoms. The van der Waals surface area contributed by atoms with E-state index < -0.39 is 29.9 Å². The van der Waals surface area contributed by atoms with Gasteiger partial charge in [-0.2, -0.15) is 0 Å². The standard InChI is InChI=1S/C8H15N3O5/c9-3-5(8(15)16)11-6(12)2-1-4(10)7(13)14/h4-5H,1-3,9-10H2,(H,11,12)(H,13,14)(H,15,16)/t4-,5-/m0/s1. The highest BCUT2D eigenvalue weighted by molar-refractivity contribution is 5.84. The minimum atomic E-state index is -1.24. The third kappa shape index (κ3) is 5.27. The molecule has 0 aromatic rings. The van der Waals surface area contributed by atoms with E-state index in [0.29, 0.717) is 0 Å². The minimum Gasteiger partial charge on any atom is -0.480 e. The summed E-state index contributed by atoms with van der Waals surface area (Å²) < 4.78 is 0. The molecule has 0 saturated heterocycles. The number of carbonyl (C=O) groups is 3. The summed E-state index contributed by atoms with van der Waals surface area (Å²) in [4.78, 5) is 32.0. The molecule has 0 heterocycles. The Kier molecular flexibility index (Phi) is 6.04. The van der Waals surface area contributed by atoms with Crippen molar-refractivity contribution in [2.45, 2.75) is 24.9 Å². The van der Waals surface area contributed by atoms with Crippen molar-refractivity contribution in [3.05, 3.63) is 0 Å². The molecule has 0 unspecified atom stereocenters. The first-order chi connectivity index (χ1) is 7.38. The van der Waals surface area contributed by atoms with Gasteiger partial charge < -0.3 is 27.0 Å². The number of amides is 1. The fourth-order valence-electron chi connectivity index (χ4n) is 0.898. The van der Waals surface area contributed by atoms with E-state index >= 15 is 0 Å². The van der Waals surface area contributed by atoms with Crippen molar-refractivity contribution < 1.29 is 24.6 Å². The van der Waals surface area contributed by atoms with Gasteiger partial charge >= 0.3 is 11.9 Å². The van der Waals surface area contributed by atoms with E-state index in [0.717, 1.165) is 0 Å². The average Bonchev–Trinajstić information content (AvgIpc) is 2.21. The molecule has 8 heteroatoms. The van der Waals surface area contributed by atoms with Crippen molar-refractivity contribution in [2.75, 3.05) is 6.54 Å². The van der Waals surface area contributed by atoms with Crippen molar-refractivity contribution in [3.8, 4) is 0 Å². The molecule has 0 aromatic carbocycles. The van der Waals surface area contributed by atoms with Crippen molar-refractivity contribution in [1.82, 2.24) is 5.32 Å². The topological polar surface area (TPSA) is 156 Å². The Morgan fingerprint density at radius 2 is 1.75 bits per heavy atom. The van der Waals surface area contributed by atoms with E-state index in [4.69, 9.17) is 21.7 Å². The lowest BCUT2D eigenvalue weighted by molar-refractivity contribution is -0.142. The van der Waals surface area contributed by atoms with Crippen LogP contribution in [0.25, 0.3) is 0 Å². The Balaban J connectivity index is 3.99. The van der Waals surface area contributed by atoms with Gasteiger partial charge in [-0.05, 0) is 6.42 Å². The van der Waals surface area contributed by atoms with Crippen LogP contribution in [0, 0.1) is 0 Å². The molecule has 0 aliphatic rings. The summed E-state index contributed by atoms with van der Waals surface area (Å²) in [5.74, 6) is -3.03. The molecule has 0 spiro atoms. The molecular weight excluding hydrogens is 218 g/mol. The molecular formula is C8H15N3O5. The second-order valence-electron chi connectivity index (χ2n) is 3.18. The summed E-state index contributed by atoms with van der Waals surface area (Å²) in [5, 5.41) is 19.2. The van der Waals surface area contributed by atoms with Crippen LogP contribution in [0.2, 0.25) is 0 Å². The molecule has 92 valence electrons. The lowest BCUT2D eigenvalue weighted by atomic mass is 10.1. The summed E-state index contributed by atoms with van der Waals surface area (Å²) in [6, 6.07) is -2.29. The monoisotopic (exact) mass is 233 g/mol. The van der Waals surface area contributed by atoms with E-state index in [1.165, 1.54) is 0 Å². The van der Waals surface area contributed by atoms with Gasteiger partial charge in [-0.25, -0.2) is 4.79 Å². The second kappa shape index (κ2) is 6.75. The molecule has 0 aliphatic heterocycles. The van der Waals surface area contributed by atoms with Crippen LogP contribution in [0.1, 0.15) is 12.8 Å². The molecule has 0 radical (unpaired) electrons. The van der Waals surface area contributed by atoms with Crippen LogP contribution in [0.3, 0.4) is 0 Å². The number of hydrogen-bond acceptors (Lipinski definition) is 5. The second-order valence-corrected chi connectivity index (χ2v) is 3.18. The van der Waals surface area contributed by atoms with Gasteiger partial charge in [0.2, 0.25) is 5.91 Å². The summed E-state index contributed by atoms with van der Waals surface area (Å²) in [6.07, 6.45) is -0.213. The predicted octanol–water partition coefficient (Wildman–Crippen LogP) is -2.29. The molecule has 0 aliphatic carbocycles. The summed E-state index contributed by atoms with van der Waals surface area (Å²) in [6.45, 7) is -0.230. The van der Waals surface area contributed by atoms with Gasteiger partial charge in [0, 0.05) is 13.0 Å². The van der Waals surface area contributed by atoms with E-state index in [-0.39, 0.29) is 19.4 Å². The first-order valence-corrected chi connectivity index (χ1v) is 4.59. The number of hydrogen-bond donors (Lipinski definition) is 5. The van der Waals surface area contributed by atoms with Gasteiger partial charge in [-0.3, -0.25) is 9.59 Å². The minimum absolute atomic E-state index is 0.0575. The third-order valence-electron chi connectivity index (χ3n) is 1.87. The van der Waals surface area contributed by atoms with Gasteiger partial charge in [0.1, 0.15) is 12.1 Å². The predicted molar refractivity (Wildman–Crippen MR) is 53.5 cm³/mol. The van der Waals surface area contributed by atoms with Gasteiger partial charge in [0.15, 0.2) is 0 Å². The number of carboxylic acids is 2. The van der Waals surface area contributed by atoms with Gasteiger partial charge in [-0.15, -0.1) is 0 Å². The maximum atomic E-state index is 11.2. The summed E-state index contributed by atoms with van der Waals surface area (Å²) >= 11 is 0. The fourth-order valence-corrected chi connectivity index (χ4v) is 0.898. The molecule has 0 bridgehead atoms. The lowest BCUT2D eigenvalue weighted by Gasteiger charge is -2.12. The van der Waals surface area contributed by atoms with Crippen LogP contribution < -0.4 is 16.8 Å². The molecule has 8 nitrogen and oxygen atoms in total.